The number of nitrogens with one attached hydrogen (secondary N) is 2. The molecule has 0 bridgehead atoms. The van der Waals surface area contributed by atoms with Gasteiger partial charge in [-0.3, -0.25) is 4.79 Å². The Morgan fingerprint density at radius 2 is 1.96 bits per heavy atom. The molecule has 2 aliphatic heterocycles. The highest BCUT2D eigenvalue weighted by Gasteiger charge is 2.35. The number of piperazine rings is 1. The van der Waals surface area contributed by atoms with E-state index in [-0.39, 0.29) is 5.91 Å². The molecule has 2 aliphatic rings. The molecule has 1 saturated heterocycles. The lowest BCUT2D eigenvalue weighted by atomic mass is 10.0. The van der Waals surface area contributed by atoms with E-state index in [2.05, 4.69) is 10.6 Å². The molecule has 1 unspecified atom stereocenters. The molecule has 1 fully saturated rings. The van der Waals surface area contributed by atoms with Crippen molar-refractivity contribution in [2.75, 3.05) is 31.6 Å². The first-order chi connectivity index (χ1) is 13.5. The fourth-order valence-corrected chi connectivity index (χ4v) is 3.41. The van der Waals surface area contributed by atoms with Gasteiger partial charge in [0, 0.05) is 24.8 Å². The molecule has 0 aromatic heterocycles. The van der Waals surface area contributed by atoms with Gasteiger partial charge in [0.1, 0.15) is 25.1 Å². The number of aryl methyl sites for hydroxylation is 1. The summed E-state index contributed by atoms with van der Waals surface area (Å²) in [5.74, 6) is 0.395. The second-order valence-corrected chi connectivity index (χ2v) is 6.68. The first-order valence-corrected chi connectivity index (χ1v) is 9.04. The molecule has 8 heteroatoms. The zero-order valence-corrected chi connectivity index (χ0v) is 15.3. The average Bonchev–Trinajstić information content (AvgIpc) is 2.68. The Kier molecular flexibility index (Phi) is 4.77. The van der Waals surface area contributed by atoms with E-state index < -0.39 is 17.9 Å². The number of anilines is 1. The molecule has 1 atom stereocenters. The Balaban J connectivity index is 1.60. The van der Waals surface area contributed by atoms with Crippen molar-refractivity contribution in [1.29, 1.82) is 0 Å². The number of halogens is 1. The molecule has 0 saturated carbocycles. The lowest BCUT2D eigenvalue weighted by molar-refractivity contribution is -0.127. The van der Waals surface area contributed by atoms with Gasteiger partial charge in [-0.1, -0.05) is 12.1 Å². The summed E-state index contributed by atoms with van der Waals surface area (Å²) in [7, 11) is 0. The number of nitrogens with zero attached hydrogens (tertiary/aromatic N) is 1. The van der Waals surface area contributed by atoms with Crippen LogP contribution in [0.1, 0.15) is 17.2 Å². The fraction of sp³-hybridized carbons (Fsp3) is 0.300. The Morgan fingerprint density at radius 3 is 2.71 bits per heavy atom. The van der Waals surface area contributed by atoms with E-state index in [1.165, 1.54) is 23.1 Å². The van der Waals surface area contributed by atoms with E-state index in [0.29, 0.717) is 49.1 Å². The number of hydrogen-bond acceptors (Lipinski definition) is 4. The van der Waals surface area contributed by atoms with Gasteiger partial charge in [-0.05, 0) is 36.2 Å². The topological polar surface area (TPSA) is 79.9 Å². The molecule has 3 amide bonds. The lowest BCUT2D eigenvalue weighted by Gasteiger charge is -2.35. The number of benzene rings is 2. The monoisotopic (exact) mass is 385 g/mol. The normalized spacial score (nSPS) is 18.4. The first kappa shape index (κ1) is 18.1. The standard InChI is InChI=1S/C20H20FN3O4/c1-12-9-16-17(28-8-7-27-16)11-15(12)23-20(26)24-6-5-22-19(25)18(24)13-3-2-4-14(21)10-13/h2-4,9-11,18H,5-8H2,1H3,(H,22,25)(H,23,26). The van der Waals surface area contributed by atoms with Crippen molar-refractivity contribution < 1.29 is 23.5 Å². The van der Waals surface area contributed by atoms with Gasteiger partial charge in [0.15, 0.2) is 11.5 Å². The van der Waals surface area contributed by atoms with Gasteiger partial charge in [0.05, 0.1) is 0 Å². The summed E-state index contributed by atoms with van der Waals surface area (Å²) >= 11 is 0. The molecule has 2 N–H and O–H groups in total. The number of ether oxygens (including phenoxy) is 2. The molecular weight excluding hydrogens is 365 g/mol. The van der Waals surface area contributed by atoms with Gasteiger partial charge in [-0.15, -0.1) is 0 Å². The van der Waals surface area contributed by atoms with Gasteiger partial charge < -0.3 is 25.0 Å². The number of carbonyl (C=O) groups is 2. The number of carbonyl (C=O) groups excluding carboxylic acids is 2. The van der Waals surface area contributed by atoms with Crippen molar-refractivity contribution in [3.8, 4) is 11.5 Å². The number of hydrogen-bond donors (Lipinski definition) is 2. The molecule has 0 spiro atoms. The first-order valence-electron chi connectivity index (χ1n) is 9.04. The van der Waals surface area contributed by atoms with Gasteiger partial charge in [0.25, 0.3) is 0 Å². The number of rotatable bonds is 2. The SMILES string of the molecule is Cc1cc2c(cc1NC(=O)N1CCNC(=O)C1c1cccc(F)c1)OCCO2. The second-order valence-electron chi connectivity index (χ2n) is 6.68. The van der Waals surface area contributed by atoms with Crippen LogP contribution in [0.2, 0.25) is 0 Å². The van der Waals surface area contributed by atoms with Crippen LogP contribution in [0.5, 0.6) is 11.5 Å². The highest BCUT2D eigenvalue weighted by Crippen LogP contribution is 2.35. The van der Waals surface area contributed by atoms with E-state index in [1.54, 1.807) is 18.2 Å². The van der Waals surface area contributed by atoms with Crippen molar-refractivity contribution in [3.05, 3.63) is 53.3 Å². The maximum atomic E-state index is 13.7. The second kappa shape index (κ2) is 7.38. The minimum absolute atomic E-state index is 0.308. The number of amides is 3. The molecule has 2 aromatic rings. The zero-order valence-electron chi connectivity index (χ0n) is 15.3. The minimum atomic E-state index is -0.901. The quantitative estimate of drug-likeness (QED) is 0.833. The predicted octanol–water partition coefficient (Wildman–Crippen LogP) is 2.61. The van der Waals surface area contributed by atoms with Crippen LogP contribution in [-0.4, -0.2) is 43.1 Å². The van der Waals surface area contributed by atoms with Crippen LogP contribution in [0.25, 0.3) is 0 Å². The predicted molar refractivity (Wildman–Crippen MR) is 100 cm³/mol. The van der Waals surface area contributed by atoms with Crippen LogP contribution in [-0.2, 0) is 4.79 Å². The molecular formula is C20H20FN3O4. The average molecular weight is 385 g/mol. The largest absolute Gasteiger partial charge is 0.486 e. The van der Waals surface area contributed by atoms with Crippen LogP contribution in [0, 0.1) is 12.7 Å². The molecule has 0 aliphatic carbocycles. The number of fused-ring (bicyclic) bond motifs is 1. The summed E-state index contributed by atoms with van der Waals surface area (Å²) in [5.41, 5.74) is 1.80. The van der Waals surface area contributed by atoms with Gasteiger partial charge in [-0.2, -0.15) is 0 Å². The van der Waals surface area contributed by atoms with E-state index in [0.717, 1.165) is 5.56 Å². The molecule has 7 nitrogen and oxygen atoms in total. The molecule has 0 radical (unpaired) electrons. The van der Waals surface area contributed by atoms with Gasteiger partial charge >= 0.3 is 6.03 Å². The smallest absolute Gasteiger partial charge is 0.322 e. The van der Waals surface area contributed by atoms with E-state index >= 15 is 0 Å². The lowest BCUT2D eigenvalue weighted by Crippen LogP contribution is -2.53. The number of urea groups is 1. The molecule has 2 heterocycles. The van der Waals surface area contributed by atoms with Crippen molar-refractivity contribution in [2.45, 2.75) is 13.0 Å². The Bertz CT molecular complexity index is 934. The highest BCUT2D eigenvalue weighted by molar-refractivity contribution is 5.95. The Morgan fingerprint density at radius 1 is 1.21 bits per heavy atom. The van der Waals surface area contributed by atoms with E-state index in [9.17, 15) is 14.0 Å². The maximum absolute atomic E-state index is 13.7. The molecule has 28 heavy (non-hydrogen) atoms. The third-order valence-corrected chi connectivity index (χ3v) is 4.77. The van der Waals surface area contributed by atoms with Crippen LogP contribution in [0.4, 0.5) is 14.9 Å². The van der Waals surface area contributed by atoms with Crippen LogP contribution >= 0.6 is 0 Å². The van der Waals surface area contributed by atoms with Crippen molar-refractivity contribution in [1.82, 2.24) is 10.2 Å². The van der Waals surface area contributed by atoms with Crippen molar-refractivity contribution >= 4 is 17.6 Å². The Hall–Kier alpha value is -3.29. The van der Waals surface area contributed by atoms with Gasteiger partial charge in [0.2, 0.25) is 5.91 Å². The Labute approximate surface area is 161 Å². The zero-order chi connectivity index (χ0) is 19.7. The summed E-state index contributed by atoms with van der Waals surface area (Å²) in [6.45, 7) is 3.41. The molecule has 146 valence electrons. The van der Waals surface area contributed by atoms with Crippen LogP contribution in [0.15, 0.2) is 36.4 Å². The summed E-state index contributed by atoms with van der Waals surface area (Å²) < 4.78 is 24.8. The van der Waals surface area contributed by atoms with Crippen LogP contribution in [0.3, 0.4) is 0 Å². The van der Waals surface area contributed by atoms with E-state index in [4.69, 9.17) is 9.47 Å². The van der Waals surface area contributed by atoms with Crippen molar-refractivity contribution in [3.63, 3.8) is 0 Å². The molecule has 4 rings (SSSR count). The maximum Gasteiger partial charge on any atom is 0.322 e. The van der Waals surface area contributed by atoms with Crippen molar-refractivity contribution in [2.24, 2.45) is 0 Å². The summed E-state index contributed by atoms with van der Waals surface area (Å²) in [4.78, 5) is 26.8. The third kappa shape index (κ3) is 3.45. The third-order valence-electron chi connectivity index (χ3n) is 4.77. The molecule has 2 aromatic carbocycles. The van der Waals surface area contributed by atoms with Crippen LogP contribution < -0.4 is 20.1 Å². The van der Waals surface area contributed by atoms with Gasteiger partial charge in [-0.25, -0.2) is 9.18 Å². The fourth-order valence-electron chi connectivity index (χ4n) is 3.41. The highest BCUT2D eigenvalue weighted by atomic mass is 19.1. The summed E-state index contributed by atoms with van der Waals surface area (Å²) in [6, 6.07) is 7.89. The minimum Gasteiger partial charge on any atom is -0.486 e. The summed E-state index contributed by atoms with van der Waals surface area (Å²) in [6.07, 6.45) is 0. The summed E-state index contributed by atoms with van der Waals surface area (Å²) in [5, 5.41) is 5.57. The van der Waals surface area contributed by atoms with E-state index in [1.807, 2.05) is 6.92 Å².